The average Bonchev–Trinajstić information content (AvgIpc) is 2.45. The Bertz CT molecular complexity index is 408. The largest absolute Gasteiger partial charge is 0.394 e. The van der Waals surface area contributed by atoms with Gasteiger partial charge in [0.2, 0.25) is 0 Å². The van der Waals surface area contributed by atoms with Gasteiger partial charge in [0.25, 0.3) is 0 Å². The molecule has 1 unspecified atom stereocenters. The third-order valence-electron chi connectivity index (χ3n) is 3.02. The minimum Gasteiger partial charge on any atom is -0.394 e. The van der Waals surface area contributed by atoms with Crippen LogP contribution in [0.25, 0.3) is 0 Å². The van der Waals surface area contributed by atoms with Gasteiger partial charge in [-0.05, 0) is 24.6 Å². The maximum absolute atomic E-state index is 9.34. The van der Waals surface area contributed by atoms with E-state index < -0.39 is 6.10 Å². The Balaban J connectivity index is 2.05. The van der Waals surface area contributed by atoms with Crippen LogP contribution in [0.3, 0.4) is 0 Å². The highest BCUT2D eigenvalue weighted by Crippen LogP contribution is 2.18. The number of aliphatic hydroxyl groups excluding tert-OH is 2. The van der Waals surface area contributed by atoms with E-state index in [0.29, 0.717) is 5.82 Å². The highest BCUT2D eigenvalue weighted by Gasteiger charge is 2.13. The number of pyridine rings is 1. The minimum absolute atomic E-state index is 0.255. The summed E-state index contributed by atoms with van der Waals surface area (Å²) in [7, 11) is 0. The van der Waals surface area contributed by atoms with Gasteiger partial charge in [0.05, 0.1) is 25.9 Å². The van der Waals surface area contributed by atoms with Crippen LogP contribution in [0.4, 0.5) is 11.6 Å². The molecule has 0 saturated carbocycles. The Morgan fingerprint density at radius 1 is 1.42 bits per heavy atom. The summed E-state index contributed by atoms with van der Waals surface area (Å²) in [4.78, 5) is 6.71. The molecule has 1 atom stereocenters. The first-order valence-corrected chi connectivity index (χ1v) is 6.53. The smallest absolute Gasteiger partial charge is 0.131 e. The number of ether oxygens (including phenoxy) is 1. The fraction of sp³-hybridized carbons (Fsp3) is 0.615. The molecule has 2 heterocycles. The number of nitrogens with one attached hydrogen (secondary N) is 1. The Morgan fingerprint density at radius 2 is 2.16 bits per heavy atom. The van der Waals surface area contributed by atoms with Crippen molar-refractivity contribution in [2.24, 2.45) is 0 Å². The van der Waals surface area contributed by atoms with Crippen molar-refractivity contribution in [3.05, 3.63) is 17.7 Å². The van der Waals surface area contributed by atoms with Gasteiger partial charge in [0, 0.05) is 19.6 Å². The molecule has 6 heteroatoms. The Hall–Kier alpha value is -1.37. The van der Waals surface area contributed by atoms with E-state index in [-0.39, 0.29) is 13.2 Å². The zero-order valence-corrected chi connectivity index (χ0v) is 11.2. The number of aromatic nitrogens is 1. The first-order chi connectivity index (χ1) is 9.19. The fourth-order valence-electron chi connectivity index (χ4n) is 1.98. The molecule has 1 aliphatic heterocycles. The van der Waals surface area contributed by atoms with Crippen molar-refractivity contribution >= 4 is 11.6 Å². The Kier molecular flexibility index (Phi) is 4.95. The summed E-state index contributed by atoms with van der Waals surface area (Å²) >= 11 is 0. The molecule has 19 heavy (non-hydrogen) atoms. The summed E-state index contributed by atoms with van der Waals surface area (Å²) in [5.74, 6) is 1.64. The first-order valence-electron chi connectivity index (χ1n) is 6.53. The summed E-state index contributed by atoms with van der Waals surface area (Å²) in [6.45, 7) is 5.18. The van der Waals surface area contributed by atoms with E-state index in [0.717, 1.165) is 37.7 Å². The van der Waals surface area contributed by atoms with Gasteiger partial charge in [0.15, 0.2) is 0 Å². The normalized spacial score (nSPS) is 17.3. The number of morpholine rings is 1. The third kappa shape index (κ3) is 4.05. The van der Waals surface area contributed by atoms with Crippen molar-refractivity contribution in [1.82, 2.24) is 4.98 Å². The highest BCUT2D eigenvalue weighted by molar-refractivity contribution is 5.50. The maximum Gasteiger partial charge on any atom is 0.131 e. The van der Waals surface area contributed by atoms with Crippen LogP contribution in [-0.2, 0) is 4.74 Å². The van der Waals surface area contributed by atoms with Crippen molar-refractivity contribution in [2.75, 3.05) is 49.7 Å². The van der Waals surface area contributed by atoms with E-state index >= 15 is 0 Å². The number of nitrogens with zero attached hydrogens (tertiary/aromatic N) is 2. The number of rotatable bonds is 5. The monoisotopic (exact) mass is 267 g/mol. The van der Waals surface area contributed by atoms with Gasteiger partial charge in [0.1, 0.15) is 11.6 Å². The minimum atomic E-state index is -0.769. The van der Waals surface area contributed by atoms with Crippen LogP contribution >= 0.6 is 0 Å². The zero-order chi connectivity index (χ0) is 13.7. The van der Waals surface area contributed by atoms with Crippen LogP contribution in [0.5, 0.6) is 0 Å². The lowest BCUT2D eigenvalue weighted by molar-refractivity contribution is 0.105. The van der Waals surface area contributed by atoms with E-state index in [1.807, 2.05) is 19.1 Å². The molecular formula is C13H21N3O3. The zero-order valence-electron chi connectivity index (χ0n) is 11.2. The van der Waals surface area contributed by atoms with Gasteiger partial charge in [-0.2, -0.15) is 0 Å². The van der Waals surface area contributed by atoms with Crippen molar-refractivity contribution in [3.63, 3.8) is 0 Å². The molecule has 0 aromatic carbocycles. The molecule has 0 bridgehead atoms. The van der Waals surface area contributed by atoms with Crippen LogP contribution in [0.15, 0.2) is 12.1 Å². The second-order valence-corrected chi connectivity index (χ2v) is 4.70. The molecule has 0 radical (unpaired) electrons. The SMILES string of the molecule is Cc1cc(NCC(O)CO)nc(N2CCOCC2)c1. The predicted molar refractivity (Wildman–Crippen MR) is 73.6 cm³/mol. The van der Waals surface area contributed by atoms with Gasteiger partial charge >= 0.3 is 0 Å². The molecule has 106 valence electrons. The van der Waals surface area contributed by atoms with E-state index in [4.69, 9.17) is 9.84 Å². The lowest BCUT2D eigenvalue weighted by atomic mass is 10.2. The molecule has 0 aliphatic carbocycles. The molecule has 1 fully saturated rings. The van der Waals surface area contributed by atoms with E-state index in [2.05, 4.69) is 15.2 Å². The molecule has 1 saturated heterocycles. The summed E-state index contributed by atoms with van der Waals surface area (Å²) in [6.07, 6.45) is -0.769. The van der Waals surface area contributed by atoms with Crippen LogP contribution in [0, 0.1) is 6.92 Å². The maximum atomic E-state index is 9.34. The molecule has 3 N–H and O–H groups in total. The quantitative estimate of drug-likeness (QED) is 0.696. The number of hydrogen-bond donors (Lipinski definition) is 3. The molecule has 0 amide bonds. The van der Waals surface area contributed by atoms with Gasteiger partial charge in [-0.1, -0.05) is 0 Å². The van der Waals surface area contributed by atoms with Crippen LogP contribution in [-0.4, -0.2) is 60.8 Å². The number of aryl methyl sites for hydroxylation is 1. The highest BCUT2D eigenvalue weighted by atomic mass is 16.5. The number of aliphatic hydroxyl groups is 2. The van der Waals surface area contributed by atoms with Gasteiger partial charge in [-0.3, -0.25) is 0 Å². The second kappa shape index (κ2) is 6.70. The van der Waals surface area contributed by atoms with Gasteiger partial charge in [-0.25, -0.2) is 4.98 Å². The average molecular weight is 267 g/mol. The molecule has 0 spiro atoms. The summed E-state index contributed by atoms with van der Waals surface area (Å²) in [6, 6.07) is 3.97. The molecule has 1 aromatic heterocycles. The lowest BCUT2D eigenvalue weighted by Crippen LogP contribution is -2.37. The Labute approximate surface area is 113 Å². The standard InChI is InChI=1S/C13H21N3O3/c1-10-6-12(14-8-11(18)9-17)15-13(7-10)16-2-4-19-5-3-16/h6-7,11,17-18H,2-5,8-9H2,1H3,(H,14,15). The molecule has 6 nitrogen and oxygen atoms in total. The molecule has 2 rings (SSSR count). The van der Waals surface area contributed by atoms with E-state index in [1.54, 1.807) is 0 Å². The van der Waals surface area contributed by atoms with E-state index in [1.165, 1.54) is 0 Å². The number of anilines is 2. The summed E-state index contributed by atoms with van der Waals surface area (Å²) < 4.78 is 5.33. The second-order valence-electron chi connectivity index (χ2n) is 4.70. The van der Waals surface area contributed by atoms with Gasteiger partial charge < -0.3 is 25.2 Å². The number of hydrogen-bond acceptors (Lipinski definition) is 6. The van der Waals surface area contributed by atoms with Crippen molar-refractivity contribution in [1.29, 1.82) is 0 Å². The Morgan fingerprint density at radius 3 is 2.84 bits per heavy atom. The van der Waals surface area contributed by atoms with Crippen LogP contribution in [0.2, 0.25) is 0 Å². The van der Waals surface area contributed by atoms with Crippen molar-refractivity contribution in [2.45, 2.75) is 13.0 Å². The van der Waals surface area contributed by atoms with Crippen molar-refractivity contribution in [3.8, 4) is 0 Å². The van der Waals surface area contributed by atoms with Crippen molar-refractivity contribution < 1.29 is 14.9 Å². The van der Waals surface area contributed by atoms with Crippen LogP contribution in [0.1, 0.15) is 5.56 Å². The molecule has 1 aromatic rings. The fourth-order valence-corrected chi connectivity index (χ4v) is 1.98. The van der Waals surface area contributed by atoms with Gasteiger partial charge in [-0.15, -0.1) is 0 Å². The van der Waals surface area contributed by atoms with Crippen LogP contribution < -0.4 is 10.2 Å². The summed E-state index contributed by atoms with van der Waals surface area (Å²) in [5.41, 5.74) is 1.11. The summed E-state index contributed by atoms with van der Waals surface area (Å²) in [5, 5.41) is 21.2. The topological polar surface area (TPSA) is 77.8 Å². The predicted octanol–water partition coefficient (Wildman–Crippen LogP) is -0.00828. The third-order valence-corrected chi connectivity index (χ3v) is 3.02. The molecular weight excluding hydrogens is 246 g/mol. The lowest BCUT2D eigenvalue weighted by Gasteiger charge is -2.28. The molecule has 1 aliphatic rings. The van der Waals surface area contributed by atoms with E-state index in [9.17, 15) is 5.11 Å². The first kappa shape index (κ1) is 14.0.